The van der Waals surface area contributed by atoms with Gasteiger partial charge in [0.15, 0.2) is 15.7 Å². The van der Waals surface area contributed by atoms with E-state index in [1.165, 1.54) is 12.1 Å². The lowest BCUT2D eigenvalue weighted by Crippen LogP contribution is -2.16. The van der Waals surface area contributed by atoms with Crippen LogP contribution in [-0.2, 0) is 9.84 Å². The average molecular weight is 366 g/mol. The molecule has 1 atom stereocenters. The van der Waals surface area contributed by atoms with E-state index in [1.807, 2.05) is 0 Å². The highest BCUT2D eigenvalue weighted by atomic mass is 79.9. The third kappa shape index (κ3) is 3.29. The Kier molecular flexibility index (Phi) is 4.33. The first kappa shape index (κ1) is 15.2. The minimum Gasteiger partial charge on any atom is -0.478 e. The Morgan fingerprint density at radius 3 is 2.75 bits per heavy atom. The molecule has 1 fully saturated rings. The monoisotopic (exact) mass is 365 g/mol. The smallest absolute Gasteiger partial charge is 0.336 e. The number of benzene rings is 1. The lowest BCUT2D eigenvalue weighted by molar-refractivity contribution is 0.0695. The molecule has 2 rings (SSSR count). The van der Waals surface area contributed by atoms with Gasteiger partial charge in [0.05, 0.1) is 27.2 Å². The number of hydrogen-bond donors (Lipinski definition) is 2. The molecule has 0 amide bonds. The molecule has 0 bridgehead atoms. The Hall–Kier alpha value is -1.15. The Morgan fingerprint density at radius 2 is 2.20 bits per heavy atom. The topological polar surface area (TPSA) is 83.5 Å². The fourth-order valence-corrected chi connectivity index (χ4v) is 4.52. The molecular formula is C12H13BrFNO4S. The van der Waals surface area contributed by atoms with Crippen molar-refractivity contribution in [3.63, 3.8) is 0 Å². The van der Waals surface area contributed by atoms with Crippen LogP contribution in [0.2, 0.25) is 0 Å². The normalized spacial score (nSPS) is 20.8. The summed E-state index contributed by atoms with van der Waals surface area (Å²) in [4.78, 5) is 10.8. The van der Waals surface area contributed by atoms with Crippen LogP contribution in [0.25, 0.3) is 0 Å². The predicted molar refractivity (Wildman–Crippen MR) is 76.3 cm³/mol. The highest BCUT2D eigenvalue weighted by Gasteiger charge is 2.27. The fourth-order valence-electron chi connectivity index (χ4n) is 2.14. The van der Waals surface area contributed by atoms with Gasteiger partial charge in [-0.3, -0.25) is 0 Å². The summed E-state index contributed by atoms with van der Waals surface area (Å²) in [5.74, 6) is -1.67. The number of carboxylic acid groups (broad SMARTS) is 1. The highest BCUT2D eigenvalue weighted by molar-refractivity contribution is 9.10. The summed E-state index contributed by atoms with van der Waals surface area (Å²) in [6, 6.07) is 2.64. The first-order valence-corrected chi connectivity index (χ1v) is 8.57. The summed E-state index contributed by atoms with van der Waals surface area (Å²) >= 11 is 2.91. The summed E-state index contributed by atoms with van der Waals surface area (Å²) in [5.41, 5.74) is 0.00247. The van der Waals surface area contributed by atoms with Crippen LogP contribution in [-0.4, -0.2) is 37.5 Å². The Balaban J connectivity index is 2.08. The molecular weight excluding hydrogens is 353 g/mol. The number of anilines is 1. The van der Waals surface area contributed by atoms with Crippen LogP contribution in [0.3, 0.4) is 0 Å². The molecule has 110 valence electrons. The molecule has 1 aromatic rings. The second-order valence-corrected chi connectivity index (χ2v) is 7.77. The van der Waals surface area contributed by atoms with Crippen molar-refractivity contribution in [2.75, 3.05) is 23.4 Å². The van der Waals surface area contributed by atoms with E-state index in [0.29, 0.717) is 13.0 Å². The minimum atomic E-state index is -2.96. The second-order valence-electron chi connectivity index (χ2n) is 4.74. The van der Waals surface area contributed by atoms with Crippen LogP contribution < -0.4 is 5.32 Å². The Morgan fingerprint density at radius 1 is 1.50 bits per heavy atom. The number of nitrogens with one attached hydrogen (secondary N) is 1. The number of halogens is 2. The average Bonchev–Trinajstić information content (AvgIpc) is 2.70. The molecule has 2 N–H and O–H groups in total. The maximum absolute atomic E-state index is 14.0. The third-order valence-electron chi connectivity index (χ3n) is 3.22. The quantitative estimate of drug-likeness (QED) is 0.853. The van der Waals surface area contributed by atoms with Gasteiger partial charge in [-0.2, -0.15) is 0 Å². The summed E-state index contributed by atoms with van der Waals surface area (Å²) < 4.78 is 36.5. The first-order chi connectivity index (χ1) is 9.30. The van der Waals surface area contributed by atoms with Crippen LogP contribution in [0, 0.1) is 11.7 Å². The van der Waals surface area contributed by atoms with Gasteiger partial charge in [-0.15, -0.1) is 0 Å². The van der Waals surface area contributed by atoms with Crippen LogP contribution in [0.4, 0.5) is 10.1 Å². The predicted octanol–water partition coefficient (Wildman–Crippen LogP) is 2.13. The van der Waals surface area contributed by atoms with Gasteiger partial charge in [-0.1, -0.05) is 0 Å². The summed E-state index contributed by atoms with van der Waals surface area (Å²) in [5, 5.41) is 11.7. The third-order valence-corrected chi connectivity index (χ3v) is 5.83. The molecule has 0 spiro atoms. The van der Waals surface area contributed by atoms with Crippen LogP contribution in [0.15, 0.2) is 16.6 Å². The highest BCUT2D eigenvalue weighted by Crippen LogP contribution is 2.28. The van der Waals surface area contributed by atoms with E-state index in [9.17, 15) is 17.6 Å². The van der Waals surface area contributed by atoms with Crippen LogP contribution >= 0.6 is 15.9 Å². The van der Waals surface area contributed by atoms with Gasteiger partial charge in [0.25, 0.3) is 0 Å². The van der Waals surface area contributed by atoms with E-state index in [2.05, 4.69) is 21.2 Å². The van der Waals surface area contributed by atoms with Gasteiger partial charge in [0.1, 0.15) is 0 Å². The van der Waals surface area contributed by atoms with E-state index in [4.69, 9.17) is 5.11 Å². The molecule has 1 aliphatic rings. The molecule has 0 radical (unpaired) electrons. The number of aromatic carboxylic acids is 1. The van der Waals surface area contributed by atoms with Crippen molar-refractivity contribution in [1.29, 1.82) is 0 Å². The lowest BCUT2D eigenvalue weighted by Gasteiger charge is -2.13. The summed E-state index contributed by atoms with van der Waals surface area (Å²) in [7, 11) is -2.96. The zero-order valence-corrected chi connectivity index (χ0v) is 12.8. The molecule has 1 heterocycles. The van der Waals surface area contributed by atoms with Gasteiger partial charge >= 0.3 is 5.97 Å². The van der Waals surface area contributed by atoms with E-state index in [1.54, 1.807) is 0 Å². The SMILES string of the molecule is O=C(O)c1ccc(NCC2CCS(=O)(=O)C2)c(F)c1Br. The van der Waals surface area contributed by atoms with E-state index >= 15 is 0 Å². The number of rotatable bonds is 4. The van der Waals surface area contributed by atoms with Crippen molar-refractivity contribution in [3.8, 4) is 0 Å². The molecule has 0 aliphatic carbocycles. The molecule has 5 nitrogen and oxygen atoms in total. The van der Waals surface area contributed by atoms with Crippen LogP contribution in [0.5, 0.6) is 0 Å². The van der Waals surface area contributed by atoms with E-state index in [0.717, 1.165) is 0 Å². The molecule has 20 heavy (non-hydrogen) atoms. The van der Waals surface area contributed by atoms with Crippen molar-refractivity contribution >= 4 is 37.4 Å². The number of carboxylic acids is 1. The zero-order valence-electron chi connectivity index (χ0n) is 10.4. The van der Waals surface area contributed by atoms with Crippen molar-refractivity contribution in [3.05, 3.63) is 28.0 Å². The fraction of sp³-hybridized carbons (Fsp3) is 0.417. The largest absolute Gasteiger partial charge is 0.478 e. The molecule has 1 saturated heterocycles. The standard InChI is InChI=1S/C12H13BrFNO4S/c13-10-8(12(16)17)1-2-9(11(10)14)15-5-7-3-4-20(18,19)6-7/h1-2,7,15H,3-6H2,(H,16,17). The summed E-state index contributed by atoms with van der Waals surface area (Å²) in [6.45, 7) is 0.342. The molecule has 1 unspecified atom stereocenters. The Bertz CT molecular complexity index is 647. The number of sulfone groups is 1. The molecule has 0 aromatic heterocycles. The molecule has 8 heteroatoms. The van der Waals surface area contributed by atoms with Crippen molar-refractivity contribution in [1.82, 2.24) is 0 Å². The summed E-state index contributed by atoms with van der Waals surface area (Å²) in [6.07, 6.45) is 0.561. The van der Waals surface area contributed by atoms with Gasteiger partial charge in [0, 0.05) is 6.54 Å². The maximum atomic E-state index is 14.0. The van der Waals surface area contributed by atoms with Crippen molar-refractivity contribution < 1.29 is 22.7 Å². The van der Waals surface area contributed by atoms with Crippen LogP contribution in [0.1, 0.15) is 16.8 Å². The first-order valence-electron chi connectivity index (χ1n) is 5.96. The molecule has 1 aliphatic heterocycles. The number of carbonyl (C=O) groups is 1. The van der Waals surface area contributed by atoms with Crippen molar-refractivity contribution in [2.45, 2.75) is 6.42 Å². The van der Waals surface area contributed by atoms with Gasteiger partial charge < -0.3 is 10.4 Å². The van der Waals surface area contributed by atoms with E-state index in [-0.39, 0.29) is 33.1 Å². The minimum absolute atomic E-state index is 0.0441. The second kappa shape index (κ2) is 5.69. The number of hydrogen-bond acceptors (Lipinski definition) is 4. The maximum Gasteiger partial charge on any atom is 0.336 e. The van der Waals surface area contributed by atoms with Gasteiger partial charge in [-0.05, 0) is 40.4 Å². The zero-order chi connectivity index (χ0) is 14.9. The van der Waals surface area contributed by atoms with Gasteiger partial charge in [-0.25, -0.2) is 17.6 Å². The molecule has 0 saturated carbocycles. The Labute approximate surface area is 124 Å². The van der Waals surface area contributed by atoms with Crippen molar-refractivity contribution in [2.24, 2.45) is 5.92 Å². The van der Waals surface area contributed by atoms with E-state index < -0.39 is 21.6 Å². The van der Waals surface area contributed by atoms with Gasteiger partial charge in [0.2, 0.25) is 0 Å². The molecule has 1 aromatic carbocycles. The lowest BCUT2D eigenvalue weighted by atomic mass is 10.1.